The Hall–Kier alpha value is -0.610. The second-order valence-electron chi connectivity index (χ2n) is 6.00. The molecule has 3 atom stereocenters. The number of ether oxygens (including phenoxy) is 1. The van der Waals surface area contributed by atoms with Crippen LogP contribution in [0.2, 0.25) is 0 Å². The quantitative estimate of drug-likeness (QED) is 0.812. The molecule has 3 unspecified atom stereocenters. The number of hydrogen-bond acceptors (Lipinski definition) is 3. The van der Waals surface area contributed by atoms with E-state index >= 15 is 0 Å². The summed E-state index contributed by atoms with van der Waals surface area (Å²) in [6.45, 7) is 2.61. The standard InChI is InChI=1S/C14H24N2O2/c1-10(17)16-12-5-6-13(16)9-11(8-12)15-14-4-2-3-7-18-14/h11-15H,2-9H2,1H3. The normalized spacial score (nSPS) is 39.9. The molecular weight excluding hydrogens is 228 g/mol. The molecule has 0 aliphatic carbocycles. The van der Waals surface area contributed by atoms with Gasteiger partial charge >= 0.3 is 0 Å². The van der Waals surface area contributed by atoms with E-state index in [1.54, 1.807) is 6.92 Å². The zero-order valence-electron chi connectivity index (χ0n) is 11.2. The topological polar surface area (TPSA) is 41.6 Å². The van der Waals surface area contributed by atoms with Gasteiger partial charge in [0.2, 0.25) is 5.91 Å². The highest BCUT2D eigenvalue weighted by molar-refractivity contribution is 5.74. The number of amides is 1. The van der Waals surface area contributed by atoms with Crippen LogP contribution in [0.4, 0.5) is 0 Å². The van der Waals surface area contributed by atoms with E-state index < -0.39 is 0 Å². The van der Waals surface area contributed by atoms with Gasteiger partial charge in [0.25, 0.3) is 0 Å². The molecule has 0 saturated carbocycles. The largest absolute Gasteiger partial charge is 0.363 e. The van der Waals surface area contributed by atoms with Gasteiger partial charge in [0.1, 0.15) is 6.23 Å². The Bertz CT molecular complexity index is 301. The molecule has 102 valence electrons. The molecule has 0 aromatic carbocycles. The summed E-state index contributed by atoms with van der Waals surface area (Å²) in [4.78, 5) is 13.8. The van der Waals surface area contributed by atoms with E-state index in [2.05, 4.69) is 10.2 Å². The van der Waals surface area contributed by atoms with E-state index in [9.17, 15) is 4.79 Å². The molecule has 0 radical (unpaired) electrons. The third-order valence-corrected chi connectivity index (χ3v) is 4.70. The molecule has 4 nitrogen and oxygen atoms in total. The summed E-state index contributed by atoms with van der Waals surface area (Å²) >= 11 is 0. The summed E-state index contributed by atoms with van der Waals surface area (Å²) in [7, 11) is 0. The second-order valence-corrected chi connectivity index (χ2v) is 6.00. The summed E-state index contributed by atoms with van der Waals surface area (Å²) in [5, 5.41) is 3.66. The number of rotatable bonds is 2. The summed E-state index contributed by atoms with van der Waals surface area (Å²) in [6, 6.07) is 1.49. The monoisotopic (exact) mass is 252 g/mol. The SMILES string of the molecule is CC(=O)N1C2CCC1CC(NC1CCCCO1)C2. The Labute approximate surface area is 109 Å². The van der Waals surface area contributed by atoms with Crippen molar-refractivity contribution in [2.75, 3.05) is 6.61 Å². The molecule has 3 rings (SSSR count). The molecule has 3 fully saturated rings. The van der Waals surface area contributed by atoms with Gasteiger partial charge in [-0.2, -0.15) is 0 Å². The van der Waals surface area contributed by atoms with Crippen molar-refractivity contribution in [3.8, 4) is 0 Å². The Morgan fingerprint density at radius 2 is 1.89 bits per heavy atom. The molecule has 3 heterocycles. The van der Waals surface area contributed by atoms with Gasteiger partial charge in [-0.3, -0.25) is 10.1 Å². The fraction of sp³-hybridized carbons (Fsp3) is 0.929. The molecule has 0 aromatic rings. The average Bonchev–Trinajstić information content (AvgIpc) is 2.63. The van der Waals surface area contributed by atoms with Crippen LogP contribution in [-0.4, -0.2) is 41.8 Å². The molecule has 4 heteroatoms. The van der Waals surface area contributed by atoms with E-state index in [0.29, 0.717) is 18.1 Å². The molecule has 1 amide bonds. The van der Waals surface area contributed by atoms with E-state index in [1.807, 2.05) is 0 Å². The fourth-order valence-electron chi connectivity index (χ4n) is 3.96. The number of carbonyl (C=O) groups excluding carboxylic acids is 1. The third-order valence-electron chi connectivity index (χ3n) is 4.70. The fourth-order valence-corrected chi connectivity index (χ4v) is 3.96. The molecule has 3 aliphatic heterocycles. The molecule has 1 N–H and O–H groups in total. The number of nitrogens with one attached hydrogen (secondary N) is 1. The molecule has 3 aliphatic rings. The van der Waals surface area contributed by atoms with E-state index in [1.165, 1.54) is 25.7 Å². The van der Waals surface area contributed by atoms with Crippen LogP contribution in [0, 0.1) is 0 Å². The van der Waals surface area contributed by atoms with Crippen LogP contribution in [0.1, 0.15) is 51.9 Å². The van der Waals surface area contributed by atoms with Crippen molar-refractivity contribution in [3.63, 3.8) is 0 Å². The highest BCUT2D eigenvalue weighted by atomic mass is 16.5. The van der Waals surface area contributed by atoms with Crippen molar-refractivity contribution in [1.29, 1.82) is 0 Å². The number of piperidine rings is 1. The first-order chi connectivity index (χ1) is 8.74. The summed E-state index contributed by atoms with van der Waals surface area (Å²) in [5.74, 6) is 0.259. The Morgan fingerprint density at radius 1 is 1.17 bits per heavy atom. The Morgan fingerprint density at radius 3 is 2.44 bits per heavy atom. The van der Waals surface area contributed by atoms with Gasteiger partial charge in [0.15, 0.2) is 0 Å². The summed E-state index contributed by atoms with van der Waals surface area (Å²) in [6.07, 6.45) is 8.46. The van der Waals surface area contributed by atoms with Crippen molar-refractivity contribution in [2.24, 2.45) is 0 Å². The molecule has 3 saturated heterocycles. The molecular formula is C14H24N2O2. The van der Waals surface area contributed by atoms with Crippen molar-refractivity contribution in [1.82, 2.24) is 10.2 Å². The van der Waals surface area contributed by atoms with Crippen molar-refractivity contribution in [3.05, 3.63) is 0 Å². The Balaban J connectivity index is 1.56. The highest BCUT2D eigenvalue weighted by Crippen LogP contribution is 2.36. The lowest BCUT2D eigenvalue weighted by molar-refractivity contribution is -0.133. The maximum Gasteiger partial charge on any atom is 0.219 e. The number of carbonyl (C=O) groups is 1. The van der Waals surface area contributed by atoms with E-state index in [0.717, 1.165) is 25.9 Å². The van der Waals surface area contributed by atoms with Gasteiger partial charge in [-0.05, 0) is 44.9 Å². The minimum absolute atomic E-state index is 0.257. The second kappa shape index (κ2) is 5.17. The zero-order valence-corrected chi connectivity index (χ0v) is 11.2. The van der Waals surface area contributed by atoms with Crippen LogP contribution in [0.5, 0.6) is 0 Å². The van der Waals surface area contributed by atoms with Crippen molar-refractivity contribution in [2.45, 2.75) is 76.2 Å². The zero-order chi connectivity index (χ0) is 12.5. The predicted molar refractivity (Wildman–Crippen MR) is 69.1 cm³/mol. The molecule has 2 bridgehead atoms. The lowest BCUT2D eigenvalue weighted by Crippen LogP contribution is -2.53. The maximum atomic E-state index is 11.6. The lowest BCUT2D eigenvalue weighted by atomic mass is 9.96. The first-order valence-electron chi connectivity index (χ1n) is 7.40. The minimum Gasteiger partial charge on any atom is -0.363 e. The van der Waals surface area contributed by atoms with Crippen LogP contribution in [0.3, 0.4) is 0 Å². The number of fused-ring (bicyclic) bond motifs is 2. The summed E-state index contributed by atoms with van der Waals surface area (Å²) < 4.78 is 5.75. The van der Waals surface area contributed by atoms with Gasteiger partial charge in [0.05, 0.1) is 0 Å². The first-order valence-corrected chi connectivity index (χ1v) is 7.40. The van der Waals surface area contributed by atoms with Gasteiger partial charge in [-0.25, -0.2) is 0 Å². The lowest BCUT2D eigenvalue weighted by Gasteiger charge is -2.40. The van der Waals surface area contributed by atoms with Gasteiger partial charge in [-0.15, -0.1) is 0 Å². The first kappa shape index (κ1) is 12.4. The van der Waals surface area contributed by atoms with Crippen LogP contribution in [0.25, 0.3) is 0 Å². The summed E-state index contributed by atoms with van der Waals surface area (Å²) in [5.41, 5.74) is 0. The number of hydrogen-bond donors (Lipinski definition) is 1. The van der Waals surface area contributed by atoms with Gasteiger partial charge < -0.3 is 9.64 Å². The van der Waals surface area contributed by atoms with E-state index in [-0.39, 0.29) is 12.1 Å². The smallest absolute Gasteiger partial charge is 0.219 e. The predicted octanol–water partition coefficient (Wildman–Crippen LogP) is 1.64. The molecule has 0 aromatic heterocycles. The van der Waals surface area contributed by atoms with Crippen LogP contribution in [0.15, 0.2) is 0 Å². The van der Waals surface area contributed by atoms with Crippen molar-refractivity contribution < 1.29 is 9.53 Å². The van der Waals surface area contributed by atoms with Crippen LogP contribution >= 0.6 is 0 Å². The highest BCUT2D eigenvalue weighted by Gasteiger charge is 2.42. The molecule has 18 heavy (non-hydrogen) atoms. The third kappa shape index (κ3) is 2.41. The van der Waals surface area contributed by atoms with Gasteiger partial charge in [0, 0.05) is 31.7 Å². The van der Waals surface area contributed by atoms with Crippen molar-refractivity contribution >= 4 is 5.91 Å². The number of nitrogens with zero attached hydrogens (tertiary/aromatic N) is 1. The van der Waals surface area contributed by atoms with Gasteiger partial charge in [-0.1, -0.05) is 0 Å². The van der Waals surface area contributed by atoms with Crippen LogP contribution in [-0.2, 0) is 9.53 Å². The maximum absolute atomic E-state index is 11.6. The Kier molecular flexibility index (Phi) is 3.57. The van der Waals surface area contributed by atoms with E-state index in [4.69, 9.17) is 4.74 Å². The minimum atomic E-state index is 0.257. The molecule has 0 spiro atoms. The average molecular weight is 252 g/mol. The van der Waals surface area contributed by atoms with Crippen LogP contribution < -0.4 is 5.32 Å².